The van der Waals surface area contributed by atoms with Gasteiger partial charge in [-0.1, -0.05) is 24.3 Å². The molecule has 27 heavy (non-hydrogen) atoms. The number of rotatable bonds is 6. The number of anilines is 1. The molecule has 1 saturated carbocycles. The third-order valence-corrected chi connectivity index (χ3v) is 4.93. The fraction of sp³-hybridized carbons (Fsp3) is 0.278. The molecule has 0 heterocycles. The second kappa shape index (κ2) is 7.64. The van der Waals surface area contributed by atoms with Crippen molar-refractivity contribution in [2.45, 2.75) is 30.8 Å². The van der Waals surface area contributed by atoms with E-state index in [-0.39, 0.29) is 11.3 Å². The Labute approximate surface area is 154 Å². The average molecular weight is 398 g/mol. The van der Waals surface area contributed by atoms with E-state index < -0.39 is 57.0 Å². The van der Waals surface area contributed by atoms with Crippen molar-refractivity contribution in [3.05, 3.63) is 65.7 Å². The van der Waals surface area contributed by atoms with E-state index in [0.29, 0.717) is 0 Å². The first kappa shape index (κ1) is 19.3. The van der Waals surface area contributed by atoms with Crippen LogP contribution in [0.1, 0.15) is 24.4 Å². The van der Waals surface area contributed by atoms with Crippen LogP contribution in [0.5, 0.6) is 0 Å². The van der Waals surface area contributed by atoms with E-state index in [1.807, 2.05) is 0 Å². The Morgan fingerprint density at radius 1 is 1.15 bits per heavy atom. The Morgan fingerprint density at radius 2 is 1.85 bits per heavy atom. The summed E-state index contributed by atoms with van der Waals surface area (Å²) < 4.78 is 66.8. The molecule has 4 nitrogen and oxygen atoms in total. The van der Waals surface area contributed by atoms with Crippen LogP contribution < -0.4 is 9.99 Å². The maximum absolute atomic E-state index is 14.3. The van der Waals surface area contributed by atoms with Crippen molar-refractivity contribution in [1.82, 2.24) is 5.32 Å². The summed E-state index contributed by atoms with van der Waals surface area (Å²) >= 11 is 0. The fourth-order valence-electron chi connectivity index (χ4n) is 2.99. The number of hydrogen-bond acceptors (Lipinski definition) is 2. The average Bonchev–Trinajstić information content (AvgIpc) is 2.58. The second-order valence-electron chi connectivity index (χ2n) is 6.30. The predicted molar refractivity (Wildman–Crippen MR) is 91.7 cm³/mol. The molecule has 1 atom stereocenters. The highest BCUT2D eigenvalue weighted by molar-refractivity contribution is 7.26. The molecule has 2 aromatic carbocycles. The predicted octanol–water partition coefficient (Wildman–Crippen LogP) is 4.63. The fourth-order valence-corrected chi connectivity index (χ4v) is 3.53. The second-order valence-corrected chi connectivity index (χ2v) is 6.89. The smallest absolute Gasteiger partial charge is 0.283 e. The van der Waals surface area contributed by atoms with Gasteiger partial charge in [0.15, 0.2) is 0 Å². The van der Waals surface area contributed by atoms with Crippen molar-refractivity contribution >= 4 is 20.2 Å². The highest BCUT2D eigenvalue weighted by Gasteiger charge is 2.47. The topological polar surface area (TPSA) is 49.4 Å². The van der Waals surface area contributed by atoms with Gasteiger partial charge in [-0.2, -0.15) is 0 Å². The van der Waals surface area contributed by atoms with Gasteiger partial charge < -0.3 is 5.32 Å². The summed E-state index contributed by atoms with van der Waals surface area (Å²) in [6.07, 6.45) is -1.03. The Kier molecular flexibility index (Phi) is 5.46. The summed E-state index contributed by atoms with van der Waals surface area (Å²) in [7, 11) is -0.686. The lowest BCUT2D eigenvalue weighted by molar-refractivity contribution is -0.130. The summed E-state index contributed by atoms with van der Waals surface area (Å²) in [5.74, 6) is -5.01. The van der Waals surface area contributed by atoms with Gasteiger partial charge in [-0.3, -0.25) is 9.46 Å². The standard InChI is InChI=1S/C18H15F4N2O2P/c19-11-4-3-5-13(8-11)24(27-26)16(14-6-1-2-7-15(14)20)17(25)23-12-9-18(21,22)10-12/h1-8,12,16H,9-10H2,(H,23,25). The number of carbonyl (C=O) groups excluding carboxylic acids is 1. The number of halogens is 4. The molecule has 0 radical (unpaired) electrons. The molecule has 1 N–H and O–H groups in total. The molecular weight excluding hydrogens is 383 g/mol. The van der Waals surface area contributed by atoms with Crippen molar-refractivity contribution in [3.8, 4) is 0 Å². The first-order chi connectivity index (χ1) is 12.8. The molecule has 142 valence electrons. The summed E-state index contributed by atoms with van der Waals surface area (Å²) in [5, 5.41) is 2.43. The molecule has 0 bridgehead atoms. The number of alkyl halides is 2. The number of nitrogens with zero attached hydrogens (tertiary/aromatic N) is 1. The van der Waals surface area contributed by atoms with E-state index >= 15 is 0 Å². The largest absolute Gasteiger partial charge is 0.351 e. The SMILES string of the molecule is O=PN(c1cccc(F)c1)C(C(=O)NC1CC(F)(F)C1)c1ccccc1F. The summed E-state index contributed by atoms with van der Waals surface area (Å²) in [4.78, 5) is 12.8. The van der Waals surface area contributed by atoms with Crippen molar-refractivity contribution < 1.29 is 26.9 Å². The van der Waals surface area contributed by atoms with Crippen LogP contribution in [0.25, 0.3) is 0 Å². The van der Waals surface area contributed by atoms with Gasteiger partial charge in [-0.25, -0.2) is 22.1 Å². The number of carbonyl (C=O) groups is 1. The molecular formula is C18H15F4N2O2P. The lowest BCUT2D eigenvalue weighted by Gasteiger charge is -2.37. The maximum atomic E-state index is 14.3. The van der Waals surface area contributed by atoms with Crippen LogP contribution >= 0.6 is 8.61 Å². The van der Waals surface area contributed by atoms with Gasteiger partial charge in [0.05, 0.1) is 5.69 Å². The van der Waals surface area contributed by atoms with Crippen molar-refractivity contribution in [3.63, 3.8) is 0 Å². The Balaban J connectivity index is 1.95. The zero-order valence-electron chi connectivity index (χ0n) is 13.9. The van der Waals surface area contributed by atoms with Crippen LogP contribution in [-0.2, 0) is 9.36 Å². The molecule has 0 spiro atoms. The van der Waals surface area contributed by atoms with Crippen molar-refractivity contribution in [2.24, 2.45) is 0 Å². The van der Waals surface area contributed by atoms with Crippen LogP contribution in [0, 0.1) is 11.6 Å². The van der Waals surface area contributed by atoms with E-state index in [2.05, 4.69) is 5.32 Å². The first-order valence-corrected chi connectivity index (χ1v) is 8.88. The number of hydrogen-bond donors (Lipinski definition) is 1. The van der Waals surface area contributed by atoms with E-state index in [1.54, 1.807) is 0 Å². The summed E-state index contributed by atoms with van der Waals surface area (Å²) in [5.41, 5.74) is -0.0253. The number of nitrogens with one attached hydrogen (secondary N) is 1. The minimum Gasteiger partial charge on any atom is -0.351 e. The number of amides is 1. The molecule has 1 unspecified atom stereocenters. The minimum absolute atomic E-state index is 0.0778. The molecule has 0 aliphatic heterocycles. The minimum atomic E-state index is -2.84. The normalized spacial score (nSPS) is 17.2. The zero-order chi connectivity index (χ0) is 19.6. The molecule has 0 saturated heterocycles. The van der Waals surface area contributed by atoms with E-state index in [0.717, 1.165) is 22.9 Å². The molecule has 2 aromatic rings. The molecule has 1 fully saturated rings. The molecule has 9 heteroatoms. The lowest BCUT2D eigenvalue weighted by atomic mass is 9.88. The summed E-state index contributed by atoms with van der Waals surface area (Å²) in [6, 6.07) is 8.13. The molecule has 1 amide bonds. The Bertz CT molecular complexity index is 857. The maximum Gasteiger partial charge on any atom is 0.283 e. The quantitative estimate of drug-likeness (QED) is 0.570. The lowest BCUT2D eigenvalue weighted by Crippen LogP contribution is -2.52. The van der Waals surface area contributed by atoms with Gasteiger partial charge in [0.1, 0.15) is 17.7 Å². The van der Waals surface area contributed by atoms with Gasteiger partial charge in [-0.15, -0.1) is 0 Å². The Morgan fingerprint density at radius 3 is 2.44 bits per heavy atom. The van der Waals surface area contributed by atoms with Gasteiger partial charge in [-0.05, 0) is 24.3 Å². The highest BCUT2D eigenvalue weighted by atomic mass is 31.1. The van der Waals surface area contributed by atoms with Crippen LogP contribution in [-0.4, -0.2) is 17.9 Å². The molecule has 0 aromatic heterocycles. The Hall–Kier alpha value is -2.47. The third-order valence-electron chi connectivity index (χ3n) is 4.29. The molecule has 1 aliphatic rings. The van der Waals surface area contributed by atoms with E-state index in [9.17, 15) is 26.9 Å². The van der Waals surface area contributed by atoms with Crippen molar-refractivity contribution in [1.29, 1.82) is 0 Å². The zero-order valence-corrected chi connectivity index (χ0v) is 14.8. The van der Waals surface area contributed by atoms with Gasteiger partial charge in [0, 0.05) is 24.4 Å². The molecule has 3 rings (SSSR count). The first-order valence-electron chi connectivity index (χ1n) is 8.11. The monoisotopic (exact) mass is 398 g/mol. The number of benzene rings is 2. The highest BCUT2D eigenvalue weighted by Crippen LogP contribution is 2.39. The van der Waals surface area contributed by atoms with Crippen LogP contribution in [0.15, 0.2) is 48.5 Å². The van der Waals surface area contributed by atoms with Crippen LogP contribution in [0.2, 0.25) is 0 Å². The van der Waals surface area contributed by atoms with Gasteiger partial charge in [0.25, 0.3) is 14.5 Å². The third kappa shape index (κ3) is 4.27. The van der Waals surface area contributed by atoms with Crippen molar-refractivity contribution in [2.75, 3.05) is 4.67 Å². The summed E-state index contributed by atoms with van der Waals surface area (Å²) in [6.45, 7) is 0. The van der Waals surface area contributed by atoms with Crippen LogP contribution in [0.4, 0.5) is 23.2 Å². The van der Waals surface area contributed by atoms with Gasteiger partial charge >= 0.3 is 0 Å². The van der Waals surface area contributed by atoms with Crippen LogP contribution in [0.3, 0.4) is 0 Å². The van der Waals surface area contributed by atoms with E-state index in [1.165, 1.54) is 30.3 Å². The van der Waals surface area contributed by atoms with Gasteiger partial charge in [0.2, 0.25) is 5.91 Å². The van der Waals surface area contributed by atoms with E-state index in [4.69, 9.17) is 0 Å². The molecule has 1 aliphatic carbocycles.